The molecule has 0 saturated heterocycles. The van der Waals surface area contributed by atoms with Crippen LogP contribution in [-0.2, 0) is 0 Å². The number of nitrogens with zero attached hydrogens (tertiary/aromatic N) is 2. The molecule has 0 aliphatic heterocycles. The monoisotopic (exact) mass is 255 g/mol. The van der Waals surface area contributed by atoms with Crippen LogP contribution in [0.2, 0.25) is 10.0 Å². The lowest BCUT2D eigenvalue weighted by Gasteiger charge is -2.03. The predicted octanol–water partition coefficient (Wildman–Crippen LogP) is 3.20. The van der Waals surface area contributed by atoms with Crippen molar-refractivity contribution in [3.05, 3.63) is 46.5 Å². The van der Waals surface area contributed by atoms with Crippen molar-refractivity contribution >= 4 is 23.2 Å². The standard InChI is InChI=1S/C11H11Cl2N3/c1-7(14)11-5-16(6-15-11)8-2-3-9(12)10(13)4-8/h2-7H,14H2,1H3/t7-/m0/s1. The Morgan fingerprint density at radius 2 is 2.06 bits per heavy atom. The minimum atomic E-state index is -0.0796. The van der Waals surface area contributed by atoms with Crippen LogP contribution in [0.1, 0.15) is 18.7 Å². The third-order valence-corrected chi connectivity index (χ3v) is 3.01. The second kappa shape index (κ2) is 4.45. The fraction of sp³-hybridized carbons (Fsp3) is 0.182. The van der Waals surface area contributed by atoms with Crippen LogP contribution in [0.5, 0.6) is 0 Å². The number of hydrogen-bond donors (Lipinski definition) is 1. The number of halogens is 2. The fourth-order valence-electron chi connectivity index (χ4n) is 1.36. The highest BCUT2D eigenvalue weighted by molar-refractivity contribution is 6.42. The maximum Gasteiger partial charge on any atom is 0.0995 e. The van der Waals surface area contributed by atoms with Crippen molar-refractivity contribution in [3.63, 3.8) is 0 Å². The molecule has 2 N–H and O–H groups in total. The molecule has 84 valence electrons. The van der Waals surface area contributed by atoms with Crippen LogP contribution in [0.15, 0.2) is 30.7 Å². The van der Waals surface area contributed by atoms with Gasteiger partial charge in [0.15, 0.2) is 0 Å². The van der Waals surface area contributed by atoms with E-state index >= 15 is 0 Å². The summed E-state index contributed by atoms with van der Waals surface area (Å²) in [4.78, 5) is 4.21. The Hall–Kier alpha value is -1.03. The summed E-state index contributed by atoms with van der Waals surface area (Å²) in [6.07, 6.45) is 3.59. The third kappa shape index (κ3) is 2.21. The molecule has 1 heterocycles. The normalized spacial score (nSPS) is 12.8. The van der Waals surface area contributed by atoms with Crippen LogP contribution < -0.4 is 5.73 Å². The number of benzene rings is 1. The van der Waals surface area contributed by atoms with Crippen molar-refractivity contribution in [1.82, 2.24) is 9.55 Å². The molecule has 1 aromatic carbocycles. The third-order valence-electron chi connectivity index (χ3n) is 2.27. The van der Waals surface area contributed by atoms with Gasteiger partial charge in [0.25, 0.3) is 0 Å². The highest BCUT2D eigenvalue weighted by atomic mass is 35.5. The second-order valence-corrected chi connectivity index (χ2v) is 4.41. The number of aromatic nitrogens is 2. The lowest BCUT2D eigenvalue weighted by molar-refractivity contribution is 0.788. The van der Waals surface area contributed by atoms with Gasteiger partial charge in [-0.2, -0.15) is 0 Å². The average Bonchev–Trinajstić information content (AvgIpc) is 2.71. The van der Waals surface area contributed by atoms with Crippen LogP contribution in [0.25, 0.3) is 5.69 Å². The van der Waals surface area contributed by atoms with E-state index in [2.05, 4.69) is 4.98 Å². The summed E-state index contributed by atoms with van der Waals surface area (Å²) >= 11 is 11.8. The van der Waals surface area contributed by atoms with E-state index < -0.39 is 0 Å². The van der Waals surface area contributed by atoms with Gasteiger partial charge in [0, 0.05) is 17.9 Å². The maximum absolute atomic E-state index is 5.94. The van der Waals surface area contributed by atoms with E-state index in [0.29, 0.717) is 10.0 Å². The SMILES string of the molecule is C[C@H](N)c1cn(-c2ccc(Cl)c(Cl)c2)cn1. The van der Waals surface area contributed by atoms with Crippen molar-refractivity contribution in [2.45, 2.75) is 13.0 Å². The minimum absolute atomic E-state index is 0.0796. The van der Waals surface area contributed by atoms with Crippen LogP contribution in [0.4, 0.5) is 0 Å². The quantitative estimate of drug-likeness (QED) is 0.896. The molecule has 0 saturated carbocycles. The Bertz CT molecular complexity index is 506. The van der Waals surface area contributed by atoms with E-state index in [9.17, 15) is 0 Å². The Balaban J connectivity index is 2.39. The van der Waals surface area contributed by atoms with Gasteiger partial charge in [-0.25, -0.2) is 4.98 Å². The molecule has 5 heteroatoms. The van der Waals surface area contributed by atoms with Gasteiger partial charge < -0.3 is 10.3 Å². The first-order chi connectivity index (χ1) is 7.58. The van der Waals surface area contributed by atoms with Gasteiger partial charge in [0.2, 0.25) is 0 Å². The van der Waals surface area contributed by atoms with E-state index in [0.717, 1.165) is 11.4 Å². The summed E-state index contributed by atoms with van der Waals surface area (Å²) in [5.41, 5.74) is 7.49. The summed E-state index contributed by atoms with van der Waals surface area (Å²) < 4.78 is 1.86. The average molecular weight is 256 g/mol. The minimum Gasteiger partial charge on any atom is -0.323 e. The number of hydrogen-bond acceptors (Lipinski definition) is 2. The smallest absolute Gasteiger partial charge is 0.0995 e. The van der Waals surface area contributed by atoms with E-state index in [-0.39, 0.29) is 6.04 Å². The molecule has 1 aromatic heterocycles. The molecule has 0 radical (unpaired) electrons. The zero-order valence-corrected chi connectivity index (χ0v) is 10.2. The first-order valence-electron chi connectivity index (χ1n) is 4.83. The van der Waals surface area contributed by atoms with Crippen molar-refractivity contribution < 1.29 is 0 Å². The molecule has 0 bridgehead atoms. The van der Waals surface area contributed by atoms with Crippen molar-refractivity contribution in [1.29, 1.82) is 0 Å². The predicted molar refractivity (Wildman–Crippen MR) is 66.2 cm³/mol. The summed E-state index contributed by atoms with van der Waals surface area (Å²) in [5, 5.41) is 1.06. The molecule has 0 spiro atoms. The number of imidazole rings is 1. The topological polar surface area (TPSA) is 43.8 Å². The molecule has 0 amide bonds. The molecule has 0 unspecified atom stereocenters. The summed E-state index contributed by atoms with van der Waals surface area (Å²) in [6.45, 7) is 1.89. The van der Waals surface area contributed by atoms with Gasteiger partial charge in [0.05, 0.1) is 22.1 Å². The molecule has 0 fully saturated rings. The van der Waals surface area contributed by atoms with Crippen LogP contribution in [0.3, 0.4) is 0 Å². The second-order valence-electron chi connectivity index (χ2n) is 3.59. The molecule has 3 nitrogen and oxygen atoms in total. The van der Waals surface area contributed by atoms with Crippen molar-refractivity contribution in [2.24, 2.45) is 5.73 Å². The summed E-state index contributed by atoms with van der Waals surface area (Å²) in [7, 11) is 0. The Morgan fingerprint density at radius 3 is 2.62 bits per heavy atom. The molecule has 1 atom stereocenters. The molecular formula is C11H11Cl2N3. The molecule has 16 heavy (non-hydrogen) atoms. The lowest BCUT2D eigenvalue weighted by atomic mass is 10.3. The van der Waals surface area contributed by atoms with Crippen LogP contribution >= 0.6 is 23.2 Å². The zero-order chi connectivity index (χ0) is 11.7. The van der Waals surface area contributed by atoms with Crippen LogP contribution in [-0.4, -0.2) is 9.55 Å². The molecule has 0 aliphatic carbocycles. The Kier molecular flexibility index (Phi) is 3.19. The van der Waals surface area contributed by atoms with E-state index in [4.69, 9.17) is 28.9 Å². The Morgan fingerprint density at radius 1 is 1.31 bits per heavy atom. The number of rotatable bonds is 2. The lowest BCUT2D eigenvalue weighted by Crippen LogP contribution is -2.04. The van der Waals surface area contributed by atoms with Gasteiger partial charge in [-0.15, -0.1) is 0 Å². The van der Waals surface area contributed by atoms with Gasteiger partial charge >= 0.3 is 0 Å². The first-order valence-corrected chi connectivity index (χ1v) is 5.58. The highest BCUT2D eigenvalue weighted by Crippen LogP contribution is 2.24. The van der Waals surface area contributed by atoms with E-state index in [1.807, 2.05) is 23.8 Å². The Labute approximate surface area is 104 Å². The van der Waals surface area contributed by atoms with Crippen molar-refractivity contribution in [2.75, 3.05) is 0 Å². The number of nitrogens with two attached hydrogens (primary N) is 1. The molecule has 2 rings (SSSR count). The van der Waals surface area contributed by atoms with E-state index in [1.165, 1.54) is 0 Å². The van der Waals surface area contributed by atoms with E-state index in [1.54, 1.807) is 18.5 Å². The summed E-state index contributed by atoms with van der Waals surface area (Å²) in [6, 6.07) is 5.34. The zero-order valence-electron chi connectivity index (χ0n) is 8.69. The van der Waals surface area contributed by atoms with Gasteiger partial charge in [-0.3, -0.25) is 0 Å². The summed E-state index contributed by atoms with van der Waals surface area (Å²) in [5.74, 6) is 0. The highest BCUT2D eigenvalue weighted by Gasteiger charge is 2.06. The first kappa shape index (κ1) is 11.5. The van der Waals surface area contributed by atoms with Gasteiger partial charge in [0.1, 0.15) is 0 Å². The maximum atomic E-state index is 5.94. The molecular weight excluding hydrogens is 245 g/mol. The molecule has 2 aromatic rings. The van der Waals surface area contributed by atoms with Gasteiger partial charge in [-0.1, -0.05) is 23.2 Å². The molecule has 0 aliphatic rings. The van der Waals surface area contributed by atoms with Gasteiger partial charge in [-0.05, 0) is 25.1 Å². The van der Waals surface area contributed by atoms with Crippen molar-refractivity contribution in [3.8, 4) is 5.69 Å². The van der Waals surface area contributed by atoms with Crippen LogP contribution in [0, 0.1) is 0 Å². The largest absolute Gasteiger partial charge is 0.323 e. The fourth-order valence-corrected chi connectivity index (χ4v) is 1.65.